The predicted molar refractivity (Wildman–Crippen MR) is 79.6 cm³/mol. The summed E-state index contributed by atoms with van der Waals surface area (Å²) in [4.78, 5) is 19.1. The van der Waals surface area contributed by atoms with E-state index in [4.69, 9.17) is 4.84 Å². The number of carbonyl (C=O) groups is 1. The van der Waals surface area contributed by atoms with E-state index in [1.54, 1.807) is 6.07 Å². The summed E-state index contributed by atoms with van der Waals surface area (Å²) in [7, 11) is 0. The van der Waals surface area contributed by atoms with Gasteiger partial charge < -0.3 is 9.74 Å². The van der Waals surface area contributed by atoms with Crippen LogP contribution >= 0.6 is 0 Å². The number of carbonyl (C=O) groups excluding carboxylic acids is 1. The highest BCUT2D eigenvalue weighted by Crippen LogP contribution is 2.18. The molecule has 1 atom stereocenters. The first-order valence-corrected chi connectivity index (χ1v) is 7.40. The van der Waals surface area contributed by atoms with Crippen molar-refractivity contribution < 1.29 is 14.0 Å². The van der Waals surface area contributed by atoms with E-state index in [1.807, 2.05) is 24.8 Å². The third kappa shape index (κ3) is 4.03. The van der Waals surface area contributed by atoms with Gasteiger partial charge >= 0.3 is 0 Å². The summed E-state index contributed by atoms with van der Waals surface area (Å²) in [5.74, 6) is -0.160. The Hall–Kier alpha value is -1.91. The Bertz CT molecular complexity index is 531. The first kappa shape index (κ1) is 15.5. The molecule has 1 aromatic rings. The van der Waals surface area contributed by atoms with Gasteiger partial charge in [-0.05, 0) is 18.6 Å². The molecule has 0 aromatic heterocycles. The molecular weight excluding hydrogens is 271 g/mol. The lowest BCUT2D eigenvalue weighted by Gasteiger charge is -2.23. The topological polar surface area (TPSA) is 41.9 Å². The Morgan fingerprint density at radius 1 is 1.48 bits per heavy atom. The third-order valence-electron chi connectivity index (χ3n) is 3.46. The molecule has 0 fully saturated rings. The molecule has 4 nitrogen and oxygen atoms in total. The van der Waals surface area contributed by atoms with Crippen LogP contribution in [0.1, 0.15) is 38.7 Å². The number of benzene rings is 1. The van der Waals surface area contributed by atoms with Crippen LogP contribution < -0.4 is 0 Å². The molecule has 5 heteroatoms. The third-order valence-corrected chi connectivity index (χ3v) is 3.46. The molecule has 0 saturated carbocycles. The fraction of sp³-hybridized carbons (Fsp3) is 0.500. The number of amides is 1. The molecule has 0 N–H and O–H groups in total. The van der Waals surface area contributed by atoms with Gasteiger partial charge in [-0.1, -0.05) is 31.1 Å². The van der Waals surface area contributed by atoms with Crippen molar-refractivity contribution in [3.05, 3.63) is 35.6 Å². The number of nitrogens with zero attached hydrogens (tertiary/aromatic N) is 2. The maximum Gasteiger partial charge on any atom is 0.222 e. The minimum absolute atomic E-state index is 0.125. The molecule has 1 amide bonds. The summed E-state index contributed by atoms with van der Waals surface area (Å²) in [6.07, 6.45) is 1.85. The van der Waals surface area contributed by atoms with Crippen LogP contribution in [-0.4, -0.2) is 35.7 Å². The van der Waals surface area contributed by atoms with E-state index in [0.717, 1.165) is 24.2 Å². The second-order valence-corrected chi connectivity index (χ2v) is 5.17. The standard InChI is InChI=1S/C16H21FN2O2/c1-3-8-19(16(20)4-2)11-14-10-15(18-21-14)12-6-5-7-13(17)9-12/h5-7,9,14H,3-4,8,10-11H2,1-2H3. The highest BCUT2D eigenvalue weighted by atomic mass is 19.1. The summed E-state index contributed by atoms with van der Waals surface area (Å²) in [6.45, 7) is 5.15. The van der Waals surface area contributed by atoms with E-state index < -0.39 is 0 Å². The van der Waals surface area contributed by atoms with Gasteiger partial charge in [0.05, 0.1) is 12.3 Å². The molecule has 21 heavy (non-hydrogen) atoms. The minimum Gasteiger partial charge on any atom is -0.390 e. The largest absolute Gasteiger partial charge is 0.390 e. The van der Waals surface area contributed by atoms with E-state index in [9.17, 15) is 9.18 Å². The molecule has 0 spiro atoms. The maximum atomic E-state index is 13.2. The predicted octanol–water partition coefficient (Wildman–Crippen LogP) is 2.97. The zero-order valence-electron chi connectivity index (χ0n) is 12.5. The molecule has 0 bridgehead atoms. The monoisotopic (exact) mass is 292 g/mol. The molecule has 1 aromatic carbocycles. The van der Waals surface area contributed by atoms with Gasteiger partial charge in [0.2, 0.25) is 5.91 Å². The highest BCUT2D eigenvalue weighted by Gasteiger charge is 2.26. The molecule has 114 valence electrons. The second kappa shape index (κ2) is 7.20. The zero-order chi connectivity index (χ0) is 15.2. The number of hydrogen-bond donors (Lipinski definition) is 0. The molecule has 1 unspecified atom stereocenters. The zero-order valence-corrected chi connectivity index (χ0v) is 12.5. The van der Waals surface area contributed by atoms with Crippen LogP contribution in [0.5, 0.6) is 0 Å². The van der Waals surface area contributed by atoms with Crippen molar-refractivity contribution >= 4 is 11.6 Å². The Morgan fingerprint density at radius 2 is 2.29 bits per heavy atom. The lowest BCUT2D eigenvalue weighted by Crippen LogP contribution is -2.37. The van der Waals surface area contributed by atoms with Crippen LogP contribution in [0.3, 0.4) is 0 Å². The molecule has 0 saturated heterocycles. The average molecular weight is 292 g/mol. The first-order chi connectivity index (χ1) is 10.1. The van der Waals surface area contributed by atoms with E-state index in [0.29, 0.717) is 19.4 Å². The van der Waals surface area contributed by atoms with Gasteiger partial charge in [0.15, 0.2) is 6.10 Å². The van der Waals surface area contributed by atoms with Gasteiger partial charge in [-0.15, -0.1) is 0 Å². The summed E-state index contributed by atoms with van der Waals surface area (Å²) in [6, 6.07) is 6.32. The van der Waals surface area contributed by atoms with E-state index in [1.165, 1.54) is 12.1 Å². The van der Waals surface area contributed by atoms with Crippen LogP contribution in [0.2, 0.25) is 0 Å². The summed E-state index contributed by atoms with van der Waals surface area (Å²) < 4.78 is 13.2. The molecule has 1 aliphatic heterocycles. The van der Waals surface area contributed by atoms with Gasteiger partial charge in [0.25, 0.3) is 0 Å². The van der Waals surface area contributed by atoms with Crippen LogP contribution in [-0.2, 0) is 9.63 Å². The normalized spacial score (nSPS) is 17.3. The van der Waals surface area contributed by atoms with Crippen molar-refractivity contribution in [2.24, 2.45) is 5.16 Å². The number of oxime groups is 1. The molecule has 1 heterocycles. The number of halogens is 1. The molecule has 1 aliphatic rings. The lowest BCUT2D eigenvalue weighted by atomic mass is 10.0. The van der Waals surface area contributed by atoms with Crippen molar-refractivity contribution in [3.8, 4) is 0 Å². The van der Waals surface area contributed by atoms with Gasteiger partial charge in [-0.2, -0.15) is 0 Å². The molecule has 2 rings (SSSR count). The Balaban J connectivity index is 1.96. The highest BCUT2D eigenvalue weighted by molar-refractivity contribution is 6.01. The van der Waals surface area contributed by atoms with Crippen molar-refractivity contribution in [2.45, 2.75) is 39.2 Å². The van der Waals surface area contributed by atoms with Gasteiger partial charge in [0, 0.05) is 24.9 Å². The summed E-state index contributed by atoms with van der Waals surface area (Å²) >= 11 is 0. The fourth-order valence-electron chi connectivity index (χ4n) is 2.42. The van der Waals surface area contributed by atoms with Gasteiger partial charge in [0.1, 0.15) is 5.82 Å². The Morgan fingerprint density at radius 3 is 2.95 bits per heavy atom. The van der Waals surface area contributed by atoms with Crippen molar-refractivity contribution in [2.75, 3.05) is 13.1 Å². The minimum atomic E-state index is -0.285. The second-order valence-electron chi connectivity index (χ2n) is 5.17. The van der Waals surface area contributed by atoms with Crippen LogP contribution in [0.15, 0.2) is 29.4 Å². The van der Waals surface area contributed by atoms with Crippen LogP contribution in [0.4, 0.5) is 4.39 Å². The Kier molecular flexibility index (Phi) is 5.31. The quantitative estimate of drug-likeness (QED) is 0.809. The number of rotatable bonds is 6. The Labute approximate surface area is 124 Å². The smallest absolute Gasteiger partial charge is 0.222 e. The number of hydrogen-bond acceptors (Lipinski definition) is 3. The fourth-order valence-corrected chi connectivity index (χ4v) is 2.42. The van der Waals surface area contributed by atoms with E-state index in [2.05, 4.69) is 5.16 Å². The van der Waals surface area contributed by atoms with E-state index >= 15 is 0 Å². The van der Waals surface area contributed by atoms with Crippen molar-refractivity contribution in [3.63, 3.8) is 0 Å². The maximum absolute atomic E-state index is 13.2. The average Bonchev–Trinajstić information content (AvgIpc) is 2.94. The molecule has 0 radical (unpaired) electrons. The summed E-state index contributed by atoms with van der Waals surface area (Å²) in [5, 5.41) is 4.04. The first-order valence-electron chi connectivity index (χ1n) is 7.40. The van der Waals surface area contributed by atoms with Crippen LogP contribution in [0.25, 0.3) is 0 Å². The molecular formula is C16H21FN2O2. The van der Waals surface area contributed by atoms with Crippen molar-refractivity contribution in [1.29, 1.82) is 0 Å². The van der Waals surface area contributed by atoms with Crippen molar-refractivity contribution in [1.82, 2.24) is 4.90 Å². The SMILES string of the molecule is CCCN(CC1CC(c2cccc(F)c2)=NO1)C(=O)CC. The molecule has 0 aliphatic carbocycles. The lowest BCUT2D eigenvalue weighted by molar-refractivity contribution is -0.132. The summed E-state index contributed by atoms with van der Waals surface area (Å²) in [5.41, 5.74) is 1.47. The van der Waals surface area contributed by atoms with Gasteiger partial charge in [-0.3, -0.25) is 4.79 Å². The van der Waals surface area contributed by atoms with Gasteiger partial charge in [-0.25, -0.2) is 4.39 Å². The van der Waals surface area contributed by atoms with E-state index in [-0.39, 0.29) is 17.8 Å². The van der Waals surface area contributed by atoms with Crippen LogP contribution in [0, 0.1) is 5.82 Å².